The van der Waals surface area contributed by atoms with Gasteiger partial charge in [0.25, 0.3) is 5.91 Å². The van der Waals surface area contributed by atoms with Crippen molar-refractivity contribution in [3.05, 3.63) is 42.2 Å². The quantitative estimate of drug-likeness (QED) is 0.940. The number of nitrogens with zero attached hydrogens (tertiary/aromatic N) is 2. The molecule has 1 aromatic heterocycles. The molecule has 1 aliphatic heterocycles. The number of aromatic nitrogens is 1. The molecule has 1 aromatic carbocycles. The third kappa shape index (κ3) is 3.05. The predicted octanol–water partition coefficient (Wildman–Crippen LogP) is 2.31. The molecule has 1 amide bonds. The maximum Gasteiger partial charge on any atom is 0.272 e. The summed E-state index contributed by atoms with van der Waals surface area (Å²) in [6.45, 7) is 2.92. The third-order valence-corrected chi connectivity index (χ3v) is 4.21. The minimum Gasteiger partial charge on any atom is -0.340 e. The summed E-state index contributed by atoms with van der Waals surface area (Å²) in [4.78, 5) is 18.8. The van der Waals surface area contributed by atoms with Gasteiger partial charge >= 0.3 is 0 Å². The maximum atomic E-state index is 12.7. The second-order valence-electron chi connectivity index (χ2n) is 5.76. The van der Waals surface area contributed by atoms with Crippen LogP contribution in [-0.2, 0) is 0 Å². The van der Waals surface area contributed by atoms with Gasteiger partial charge in [0.05, 0.1) is 0 Å². The van der Waals surface area contributed by atoms with Gasteiger partial charge < -0.3 is 10.2 Å². The lowest BCUT2D eigenvalue weighted by atomic mass is 9.97. The summed E-state index contributed by atoms with van der Waals surface area (Å²) in [6.07, 6.45) is 4.00. The molecule has 4 heteroatoms. The monoisotopic (exact) mass is 283 g/mol. The number of fused-ring (bicyclic) bond motifs is 1. The van der Waals surface area contributed by atoms with Crippen LogP contribution < -0.4 is 5.32 Å². The highest BCUT2D eigenvalue weighted by Crippen LogP contribution is 2.19. The van der Waals surface area contributed by atoms with Gasteiger partial charge in [-0.15, -0.1) is 0 Å². The van der Waals surface area contributed by atoms with Crippen LogP contribution in [0.4, 0.5) is 0 Å². The molecule has 0 spiro atoms. The van der Waals surface area contributed by atoms with Crippen molar-refractivity contribution in [3.8, 4) is 0 Å². The highest BCUT2D eigenvalue weighted by atomic mass is 16.2. The minimum absolute atomic E-state index is 0.0188. The summed E-state index contributed by atoms with van der Waals surface area (Å²) in [5, 5.41) is 5.35. The number of piperidine rings is 1. The van der Waals surface area contributed by atoms with Crippen LogP contribution >= 0.6 is 0 Å². The van der Waals surface area contributed by atoms with E-state index in [1.165, 1.54) is 0 Å². The lowest BCUT2D eigenvalue weighted by molar-refractivity contribution is 0.0759. The van der Waals surface area contributed by atoms with E-state index in [4.69, 9.17) is 0 Å². The second-order valence-corrected chi connectivity index (χ2v) is 5.76. The Labute approximate surface area is 125 Å². The van der Waals surface area contributed by atoms with Gasteiger partial charge in [-0.2, -0.15) is 0 Å². The number of benzene rings is 1. The fraction of sp³-hybridized carbons (Fsp3) is 0.412. The van der Waals surface area contributed by atoms with Crippen molar-refractivity contribution in [2.75, 3.05) is 26.7 Å². The first-order valence-electron chi connectivity index (χ1n) is 7.55. The van der Waals surface area contributed by atoms with Gasteiger partial charge in [0, 0.05) is 25.2 Å². The zero-order chi connectivity index (χ0) is 14.7. The fourth-order valence-electron chi connectivity index (χ4n) is 3.01. The normalized spacial score (nSPS) is 16.0. The van der Waals surface area contributed by atoms with Gasteiger partial charge in [0.1, 0.15) is 5.69 Å². The van der Waals surface area contributed by atoms with Crippen molar-refractivity contribution < 1.29 is 4.79 Å². The fourth-order valence-corrected chi connectivity index (χ4v) is 3.01. The van der Waals surface area contributed by atoms with E-state index in [-0.39, 0.29) is 5.91 Å². The molecule has 1 saturated heterocycles. The number of amides is 1. The predicted molar refractivity (Wildman–Crippen MR) is 84.3 cm³/mol. The van der Waals surface area contributed by atoms with Crippen molar-refractivity contribution in [1.29, 1.82) is 0 Å². The molecule has 1 aliphatic rings. The van der Waals surface area contributed by atoms with Crippen LogP contribution in [0.25, 0.3) is 10.8 Å². The second kappa shape index (κ2) is 6.22. The Kier molecular flexibility index (Phi) is 4.15. The standard InChI is InChI=1S/C17H21N3O/c1-20(12-13-6-9-18-10-7-13)17(21)16-15-5-3-2-4-14(15)8-11-19-16/h2-5,8,11,13,18H,6-7,9-10,12H2,1H3. The summed E-state index contributed by atoms with van der Waals surface area (Å²) in [5.41, 5.74) is 0.560. The van der Waals surface area contributed by atoms with Crippen LogP contribution in [0.15, 0.2) is 36.5 Å². The van der Waals surface area contributed by atoms with Gasteiger partial charge in [0.2, 0.25) is 0 Å². The first kappa shape index (κ1) is 14.0. The summed E-state index contributed by atoms with van der Waals surface area (Å²) in [5.74, 6) is 0.612. The Morgan fingerprint density at radius 1 is 1.29 bits per heavy atom. The van der Waals surface area contributed by atoms with E-state index in [9.17, 15) is 4.79 Å². The van der Waals surface area contributed by atoms with Gasteiger partial charge in [-0.1, -0.05) is 24.3 Å². The molecule has 0 bridgehead atoms. The Hall–Kier alpha value is -1.94. The highest BCUT2D eigenvalue weighted by molar-refractivity contribution is 6.05. The average Bonchev–Trinajstić information content (AvgIpc) is 2.54. The first-order chi connectivity index (χ1) is 10.3. The van der Waals surface area contributed by atoms with Crippen molar-refractivity contribution in [3.63, 3.8) is 0 Å². The van der Waals surface area contributed by atoms with Crippen molar-refractivity contribution in [1.82, 2.24) is 15.2 Å². The van der Waals surface area contributed by atoms with E-state index in [1.54, 1.807) is 6.20 Å². The molecule has 0 unspecified atom stereocenters. The number of carbonyl (C=O) groups excluding carboxylic acids is 1. The molecule has 0 saturated carbocycles. The van der Waals surface area contributed by atoms with Crippen LogP contribution in [0.2, 0.25) is 0 Å². The smallest absolute Gasteiger partial charge is 0.272 e. The molecular weight excluding hydrogens is 262 g/mol. The molecule has 110 valence electrons. The summed E-state index contributed by atoms with van der Waals surface area (Å²) in [7, 11) is 1.88. The van der Waals surface area contributed by atoms with Crippen LogP contribution in [-0.4, -0.2) is 42.5 Å². The maximum absolute atomic E-state index is 12.7. The lowest BCUT2D eigenvalue weighted by Crippen LogP contribution is -2.37. The number of carbonyl (C=O) groups is 1. The molecule has 3 rings (SSSR count). The summed E-state index contributed by atoms with van der Waals surface area (Å²) in [6, 6.07) is 9.86. The van der Waals surface area contributed by atoms with E-state index in [2.05, 4.69) is 10.3 Å². The van der Waals surface area contributed by atoms with E-state index in [0.717, 1.165) is 43.2 Å². The molecule has 1 N–H and O–H groups in total. The molecule has 4 nitrogen and oxygen atoms in total. The number of pyridine rings is 1. The largest absolute Gasteiger partial charge is 0.340 e. The van der Waals surface area contributed by atoms with E-state index < -0.39 is 0 Å². The summed E-state index contributed by atoms with van der Waals surface area (Å²) < 4.78 is 0. The van der Waals surface area contributed by atoms with Crippen molar-refractivity contribution in [2.24, 2.45) is 5.92 Å². The van der Waals surface area contributed by atoms with Crippen molar-refractivity contribution in [2.45, 2.75) is 12.8 Å². The van der Waals surface area contributed by atoms with Crippen LogP contribution in [0.5, 0.6) is 0 Å². The number of hydrogen-bond donors (Lipinski definition) is 1. The van der Waals surface area contributed by atoms with Crippen LogP contribution in [0.1, 0.15) is 23.3 Å². The third-order valence-electron chi connectivity index (χ3n) is 4.21. The molecule has 0 aliphatic carbocycles. The highest BCUT2D eigenvalue weighted by Gasteiger charge is 2.21. The molecule has 2 heterocycles. The van der Waals surface area contributed by atoms with Crippen LogP contribution in [0.3, 0.4) is 0 Å². The molecule has 2 aromatic rings. The molecule has 0 radical (unpaired) electrons. The molecule has 1 fully saturated rings. The average molecular weight is 283 g/mol. The van der Waals surface area contributed by atoms with Gasteiger partial charge in [-0.05, 0) is 43.3 Å². The topological polar surface area (TPSA) is 45.2 Å². The van der Waals surface area contributed by atoms with E-state index in [1.807, 2.05) is 42.3 Å². The van der Waals surface area contributed by atoms with E-state index >= 15 is 0 Å². The van der Waals surface area contributed by atoms with Crippen LogP contribution in [0, 0.1) is 5.92 Å². The first-order valence-corrected chi connectivity index (χ1v) is 7.55. The molecule has 21 heavy (non-hydrogen) atoms. The number of nitrogens with one attached hydrogen (secondary N) is 1. The molecular formula is C17H21N3O. The number of hydrogen-bond acceptors (Lipinski definition) is 3. The number of rotatable bonds is 3. The zero-order valence-corrected chi connectivity index (χ0v) is 12.4. The van der Waals surface area contributed by atoms with Gasteiger partial charge in [0.15, 0.2) is 0 Å². The zero-order valence-electron chi connectivity index (χ0n) is 12.4. The molecule has 0 atom stereocenters. The Morgan fingerprint density at radius 3 is 2.86 bits per heavy atom. The van der Waals surface area contributed by atoms with Crippen molar-refractivity contribution >= 4 is 16.7 Å². The Bertz CT molecular complexity index is 629. The van der Waals surface area contributed by atoms with E-state index in [0.29, 0.717) is 11.6 Å². The SMILES string of the molecule is CN(CC1CCNCC1)C(=O)c1nccc2ccccc12. The Morgan fingerprint density at radius 2 is 2.05 bits per heavy atom. The minimum atomic E-state index is 0.0188. The van der Waals surface area contributed by atoms with Gasteiger partial charge in [-0.25, -0.2) is 0 Å². The lowest BCUT2D eigenvalue weighted by Gasteiger charge is -2.27. The summed E-state index contributed by atoms with van der Waals surface area (Å²) >= 11 is 0. The Balaban J connectivity index is 1.79. The van der Waals surface area contributed by atoms with Gasteiger partial charge in [-0.3, -0.25) is 9.78 Å².